The minimum absolute atomic E-state index is 0.0554. The quantitative estimate of drug-likeness (QED) is 0.861. The highest BCUT2D eigenvalue weighted by Gasteiger charge is 2.15. The van der Waals surface area contributed by atoms with Gasteiger partial charge in [-0.3, -0.25) is 4.79 Å². The summed E-state index contributed by atoms with van der Waals surface area (Å²) < 4.78 is 0. The number of nitrogens with zero attached hydrogens (tertiary/aromatic N) is 2. The van der Waals surface area contributed by atoms with E-state index in [0.717, 1.165) is 10.6 Å². The molecule has 2 rings (SSSR count). The van der Waals surface area contributed by atoms with Crippen LogP contribution in [0.25, 0.3) is 0 Å². The maximum atomic E-state index is 12.0. The first kappa shape index (κ1) is 15.4. The Kier molecular flexibility index (Phi) is 5.27. The molecule has 1 unspecified atom stereocenters. The maximum Gasteiger partial charge on any atom is 0.242 e. The lowest BCUT2D eigenvalue weighted by atomic mass is 10.2. The Bertz CT molecular complexity index is 582. The van der Waals surface area contributed by atoms with E-state index < -0.39 is 0 Å². The molecule has 5 nitrogen and oxygen atoms in total. The molecular weight excluding hydrogens is 284 g/mol. The molecule has 112 valence electrons. The third kappa shape index (κ3) is 4.53. The molecule has 0 saturated carbocycles. The van der Waals surface area contributed by atoms with Crippen LogP contribution in [0.2, 0.25) is 0 Å². The first-order valence-corrected chi connectivity index (χ1v) is 7.79. The molecule has 0 bridgehead atoms. The molecule has 1 aromatic carbocycles. The fourth-order valence-electron chi connectivity index (χ4n) is 1.72. The Labute approximate surface area is 128 Å². The van der Waals surface area contributed by atoms with Crippen molar-refractivity contribution in [2.24, 2.45) is 0 Å². The monoisotopic (exact) mass is 304 g/mol. The maximum absolute atomic E-state index is 12.0. The SMILES string of the molecule is CC(Nc1nnc(C(C)C)s1)C(=O)NCc1ccccc1. The third-order valence-corrected chi connectivity index (χ3v) is 4.13. The van der Waals surface area contributed by atoms with Gasteiger partial charge in [0.25, 0.3) is 0 Å². The molecule has 0 aliphatic heterocycles. The second-order valence-corrected chi connectivity index (χ2v) is 6.18. The molecule has 0 saturated heterocycles. The molecular formula is C15H20N4OS. The molecule has 0 spiro atoms. The van der Waals surface area contributed by atoms with E-state index in [0.29, 0.717) is 17.6 Å². The predicted molar refractivity (Wildman–Crippen MR) is 85.4 cm³/mol. The van der Waals surface area contributed by atoms with E-state index in [1.54, 1.807) is 0 Å². The van der Waals surface area contributed by atoms with Crippen molar-refractivity contribution in [1.29, 1.82) is 0 Å². The van der Waals surface area contributed by atoms with Gasteiger partial charge in [-0.15, -0.1) is 10.2 Å². The van der Waals surface area contributed by atoms with Crippen molar-refractivity contribution in [2.75, 3.05) is 5.32 Å². The number of carbonyl (C=O) groups is 1. The van der Waals surface area contributed by atoms with Crippen LogP contribution >= 0.6 is 11.3 Å². The van der Waals surface area contributed by atoms with Gasteiger partial charge in [0, 0.05) is 12.5 Å². The van der Waals surface area contributed by atoms with Crippen molar-refractivity contribution < 1.29 is 4.79 Å². The fourth-order valence-corrected chi connectivity index (χ4v) is 2.55. The Balaban J connectivity index is 1.84. The average molecular weight is 304 g/mol. The van der Waals surface area contributed by atoms with Crippen LogP contribution in [0.15, 0.2) is 30.3 Å². The molecule has 0 radical (unpaired) electrons. The van der Waals surface area contributed by atoms with Crippen molar-refractivity contribution in [3.63, 3.8) is 0 Å². The number of carbonyl (C=O) groups excluding carboxylic acids is 1. The Morgan fingerprint density at radius 2 is 1.90 bits per heavy atom. The largest absolute Gasteiger partial charge is 0.350 e. The molecule has 1 aromatic heterocycles. The summed E-state index contributed by atoms with van der Waals surface area (Å²) in [5.74, 6) is 0.292. The first-order valence-electron chi connectivity index (χ1n) is 6.98. The molecule has 1 amide bonds. The van der Waals surface area contributed by atoms with Gasteiger partial charge in [0.05, 0.1) is 0 Å². The van der Waals surface area contributed by atoms with Gasteiger partial charge >= 0.3 is 0 Å². The van der Waals surface area contributed by atoms with E-state index in [1.807, 2.05) is 37.3 Å². The van der Waals surface area contributed by atoms with Crippen LogP contribution in [0.3, 0.4) is 0 Å². The average Bonchev–Trinajstić information content (AvgIpc) is 2.94. The van der Waals surface area contributed by atoms with Crippen molar-refractivity contribution in [1.82, 2.24) is 15.5 Å². The topological polar surface area (TPSA) is 66.9 Å². The summed E-state index contributed by atoms with van der Waals surface area (Å²) >= 11 is 1.49. The number of hydrogen-bond donors (Lipinski definition) is 2. The van der Waals surface area contributed by atoms with Crippen molar-refractivity contribution >= 4 is 22.4 Å². The van der Waals surface area contributed by atoms with E-state index in [1.165, 1.54) is 11.3 Å². The number of aromatic nitrogens is 2. The molecule has 1 atom stereocenters. The minimum atomic E-state index is -0.346. The van der Waals surface area contributed by atoms with Crippen molar-refractivity contribution in [2.45, 2.75) is 39.3 Å². The van der Waals surface area contributed by atoms with Gasteiger partial charge in [-0.2, -0.15) is 0 Å². The normalized spacial score (nSPS) is 12.2. The van der Waals surface area contributed by atoms with Crippen molar-refractivity contribution in [3.8, 4) is 0 Å². The number of nitrogens with one attached hydrogen (secondary N) is 2. The van der Waals surface area contributed by atoms with Gasteiger partial charge in [-0.1, -0.05) is 55.5 Å². The zero-order valence-electron chi connectivity index (χ0n) is 12.5. The highest BCUT2D eigenvalue weighted by Crippen LogP contribution is 2.22. The lowest BCUT2D eigenvalue weighted by Gasteiger charge is -2.12. The summed E-state index contributed by atoms with van der Waals surface area (Å²) in [7, 11) is 0. The first-order chi connectivity index (χ1) is 10.1. The summed E-state index contributed by atoms with van der Waals surface area (Å²) in [6, 6.07) is 9.49. The summed E-state index contributed by atoms with van der Waals surface area (Å²) in [5, 5.41) is 15.8. The molecule has 21 heavy (non-hydrogen) atoms. The van der Waals surface area contributed by atoms with Gasteiger partial charge in [-0.05, 0) is 12.5 Å². The summed E-state index contributed by atoms with van der Waals surface area (Å²) in [5.41, 5.74) is 1.08. The van der Waals surface area contributed by atoms with Crippen molar-refractivity contribution in [3.05, 3.63) is 40.9 Å². The van der Waals surface area contributed by atoms with Crippen LogP contribution in [-0.4, -0.2) is 22.1 Å². The van der Waals surface area contributed by atoms with Gasteiger partial charge in [0.1, 0.15) is 11.0 Å². The third-order valence-electron chi connectivity index (χ3n) is 2.98. The number of anilines is 1. The van der Waals surface area contributed by atoms with Crippen LogP contribution < -0.4 is 10.6 Å². The van der Waals surface area contributed by atoms with Crippen LogP contribution in [-0.2, 0) is 11.3 Å². The molecule has 2 aromatic rings. The van der Waals surface area contributed by atoms with Crippen LogP contribution in [0, 0.1) is 0 Å². The lowest BCUT2D eigenvalue weighted by molar-refractivity contribution is -0.121. The fraction of sp³-hybridized carbons (Fsp3) is 0.400. The molecule has 2 N–H and O–H groups in total. The van der Waals surface area contributed by atoms with Gasteiger partial charge in [0.2, 0.25) is 11.0 Å². The number of rotatable bonds is 6. The van der Waals surface area contributed by atoms with E-state index in [9.17, 15) is 4.79 Å². The smallest absolute Gasteiger partial charge is 0.242 e. The second kappa shape index (κ2) is 7.17. The van der Waals surface area contributed by atoms with E-state index in [-0.39, 0.29) is 11.9 Å². The minimum Gasteiger partial charge on any atom is -0.350 e. The zero-order chi connectivity index (χ0) is 15.2. The van der Waals surface area contributed by atoms with E-state index in [2.05, 4.69) is 34.7 Å². The number of benzene rings is 1. The van der Waals surface area contributed by atoms with Crippen LogP contribution in [0.5, 0.6) is 0 Å². The van der Waals surface area contributed by atoms with Gasteiger partial charge in [0.15, 0.2) is 0 Å². The summed E-state index contributed by atoms with van der Waals surface area (Å²) in [6.07, 6.45) is 0. The Morgan fingerprint density at radius 1 is 1.19 bits per heavy atom. The van der Waals surface area contributed by atoms with E-state index >= 15 is 0 Å². The number of hydrogen-bond acceptors (Lipinski definition) is 5. The Hall–Kier alpha value is -1.95. The van der Waals surface area contributed by atoms with Gasteiger partial charge in [-0.25, -0.2) is 0 Å². The number of amides is 1. The molecule has 0 aliphatic carbocycles. The Morgan fingerprint density at radius 3 is 2.52 bits per heavy atom. The molecule has 0 fully saturated rings. The summed E-state index contributed by atoms with van der Waals surface area (Å²) in [6.45, 7) is 6.48. The molecule has 0 aliphatic rings. The second-order valence-electron chi connectivity index (χ2n) is 5.17. The van der Waals surface area contributed by atoms with Gasteiger partial charge < -0.3 is 10.6 Å². The highest BCUT2D eigenvalue weighted by molar-refractivity contribution is 7.15. The zero-order valence-corrected chi connectivity index (χ0v) is 13.3. The highest BCUT2D eigenvalue weighted by atomic mass is 32.1. The standard InChI is InChI=1S/C15H20N4OS/c1-10(2)14-18-19-15(21-14)17-11(3)13(20)16-9-12-7-5-4-6-8-12/h4-8,10-11H,9H2,1-3H3,(H,16,20)(H,17,19). The predicted octanol–water partition coefficient (Wildman–Crippen LogP) is 2.78. The van der Waals surface area contributed by atoms with Crippen LogP contribution in [0.4, 0.5) is 5.13 Å². The summed E-state index contributed by atoms with van der Waals surface area (Å²) in [4.78, 5) is 12.0. The van der Waals surface area contributed by atoms with Crippen LogP contribution in [0.1, 0.15) is 37.3 Å². The molecule has 6 heteroatoms. The molecule has 1 heterocycles. The lowest BCUT2D eigenvalue weighted by Crippen LogP contribution is -2.37. The van der Waals surface area contributed by atoms with E-state index in [4.69, 9.17) is 0 Å².